The molecule has 14 heteroatoms. The second kappa shape index (κ2) is 21.6. The molecule has 2 aromatic carbocycles. The normalized spacial score (nSPS) is 23.9. The van der Waals surface area contributed by atoms with Crippen LogP contribution in [0.4, 0.5) is 34.4 Å². The number of nitrogens with one attached hydrogen (secondary N) is 2. The molecule has 0 radical (unpaired) electrons. The summed E-state index contributed by atoms with van der Waals surface area (Å²) in [5.41, 5.74) is 6.03. The van der Waals surface area contributed by atoms with Crippen LogP contribution in [0.3, 0.4) is 0 Å². The van der Waals surface area contributed by atoms with Crippen molar-refractivity contribution in [1.82, 2.24) is 9.97 Å². The number of amides is 2. The summed E-state index contributed by atoms with van der Waals surface area (Å²) >= 11 is 0. The number of hydrogen-bond acceptors (Lipinski definition) is 12. The highest BCUT2D eigenvalue weighted by atomic mass is 16.5. The van der Waals surface area contributed by atoms with E-state index in [2.05, 4.69) is 66.5 Å². The number of benzene rings is 2. The number of carbonyl (C=O) groups is 2. The van der Waals surface area contributed by atoms with E-state index in [0.717, 1.165) is 121 Å². The molecule has 2 saturated heterocycles. The third-order valence-corrected chi connectivity index (χ3v) is 15.1. The average Bonchev–Trinajstić information content (AvgIpc) is 3.64. The van der Waals surface area contributed by atoms with E-state index in [9.17, 15) is 14.7 Å². The van der Waals surface area contributed by atoms with Gasteiger partial charge in [0.1, 0.15) is 11.6 Å². The quantitative estimate of drug-likeness (QED) is 0.146. The van der Waals surface area contributed by atoms with Crippen molar-refractivity contribution in [2.45, 2.75) is 153 Å². The molecule has 6 heterocycles. The lowest BCUT2D eigenvalue weighted by Crippen LogP contribution is -2.39. The van der Waals surface area contributed by atoms with Crippen LogP contribution in [0.15, 0.2) is 73.1 Å². The molecule has 0 spiro atoms. The fraction of sp³-hybridized carbons (Fsp3) is 0.564. The Labute approximate surface area is 407 Å². The van der Waals surface area contributed by atoms with Crippen LogP contribution in [0, 0.1) is 11.8 Å². The minimum atomic E-state index is -0.939. The molecule has 14 nitrogen and oxygen atoms in total. The summed E-state index contributed by atoms with van der Waals surface area (Å²) in [4.78, 5) is 40.9. The Morgan fingerprint density at radius 1 is 0.638 bits per heavy atom. The number of aliphatic hydroxyl groups is 1. The minimum Gasteiger partial charge on any atom is -0.385 e. The van der Waals surface area contributed by atoms with Gasteiger partial charge in [-0.25, -0.2) is 9.97 Å². The smallest absolute Gasteiger partial charge is 0.230 e. The van der Waals surface area contributed by atoms with E-state index in [1.165, 1.54) is 0 Å². The Morgan fingerprint density at radius 2 is 1.07 bits per heavy atom. The van der Waals surface area contributed by atoms with Crippen LogP contribution in [0.25, 0.3) is 0 Å². The number of hydrogen-bond donors (Lipinski definition) is 3. The number of pyridine rings is 2. The molecule has 2 saturated carbocycles. The van der Waals surface area contributed by atoms with Gasteiger partial charge in [-0.3, -0.25) is 9.59 Å². The van der Waals surface area contributed by atoms with Gasteiger partial charge in [0.2, 0.25) is 11.8 Å². The van der Waals surface area contributed by atoms with E-state index in [0.29, 0.717) is 52.4 Å². The molecule has 4 aromatic rings. The first-order valence-corrected chi connectivity index (χ1v) is 25.5. The van der Waals surface area contributed by atoms with Crippen LogP contribution in [-0.4, -0.2) is 84.8 Å². The van der Waals surface area contributed by atoms with E-state index in [-0.39, 0.29) is 48.1 Å². The molecule has 370 valence electrons. The first kappa shape index (κ1) is 49.0. The number of fused-ring (bicyclic) bond motifs is 4. The average molecular weight is 945 g/mol. The van der Waals surface area contributed by atoms with Crippen molar-refractivity contribution in [2.75, 3.05) is 54.0 Å². The molecule has 2 amide bonds. The molecule has 6 aliphatic rings. The van der Waals surface area contributed by atoms with Gasteiger partial charge in [0, 0.05) is 94.6 Å². The van der Waals surface area contributed by atoms with Gasteiger partial charge in [-0.05, 0) is 127 Å². The van der Waals surface area contributed by atoms with Gasteiger partial charge in [0.05, 0.1) is 71.5 Å². The molecule has 10 rings (SSSR count). The number of nitrogens with zero attached hydrogens (tertiary/aromatic N) is 4. The van der Waals surface area contributed by atoms with Crippen molar-refractivity contribution in [1.29, 1.82) is 0 Å². The molecule has 3 N–H and O–H groups in total. The topological polar surface area (TPSA) is 157 Å². The molecular formula is C55H72N6O8. The Morgan fingerprint density at radius 3 is 1.52 bits per heavy atom. The molecule has 69 heavy (non-hydrogen) atoms. The molecule has 4 aliphatic heterocycles. The molecule has 2 aromatic heterocycles. The number of carbonyl (C=O) groups excluding carboxylic acids is 2. The second-order valence-corrected chi connectivity index (χ2v) is 20.4. The number of methoxy groups -OCH3 is 1. The lowest BCUT2D eigenvalue weighted by molar-refractivity contribution is -0.125. The van der Waals surface area contributed by atoms with Gasteiger partial charge in [-0.2, -0.15) is 0 Å². The predicted octanol–water partition coefficient (Wildman–Crippen LogP) is 9.96. The van der Waals surface area contributed by atoms with E-state index in [4.69, 9.17) is 23.7 Å². The van der Waals surface area contributed by atoms with Crippen molar-refractivity contribution in [3.05, 3.63) is 95.3 Å². The monoisotopic (exact) mass is 945 g/mol. The maximum absolute atomic E-state index is 14.0. The van der Waals surface area contributed by atoms with Crippen molar-refractivity contribution in [3.63, 3.8) is 0 Å². The SMILES string of the molecule is CC(C)OC1CCC(C(=O)N2Cc3cccnc3Nc3ccc(C4(O)CCOCC4)cc32)CC1.COC1(c2ccc3c(c2)N(C(=O)C2CCC(OC(C)C)CC2)Cc2cccnc2N3)CCOCC1. The predicted molar refractivity (Wildman–Crippen MR) is 267 cm³/mol. The summed E-state index contributed by atoms with van der Waals surface area (Å²) in [6.07, 6.45) is 14.2. The number of rotatable bonds is 9. The molecular weight excluding hydrogens is 873 g/mol. The largest absolute Gasteiger partial charge is 0.385 e. The standard InChI is InChI=1S/C28H37N3O4.C27H35N3O4/c1-19(2)35-23-9-6-20(7-10-23)27(32)31-18-21-5-4-14-29-26(21)30-24-11-8-22(17-25(24)31)28(33-3)12-15-34-16-13-28;1-18(2)34-22-8-5-19(6-9-22)26(31)30-17-20-4-3-13-28-25(20)29-23-10-7-21(16-24(23)30)27(32)11-14-33-15-12-27/h4-5,8,11,14,17,19-20,23H,6-7,9-10,12-13,15-16,18H2,1-3H3,(H,29,30);3-4,7,10,13,16,18-19,22,32H,5-6,8-9,11-12,14-15,17H2,1-2H3,(H,28,29). The number of aromatic nitrogens is 2. The lowest BCUT2D eigenvalue weighted by atomic mass is 9.84. The Bertz CT molecular complexity index is 2400. The van der Waals surface area contributed by atoms with Crippen molar-refractivity contribution < 1.29 is 38.4 Å². The zero-order chi connectivity index (χ0) is 48.1. The molecule has 4 fully saturated rings. The fourth-order valence-electron chi connectivity index (χ4n) is 11.2. The Balaban J connectivity index is 0.000000172. The highest BCUT2D eigenvalue weighted by molar-refractivity contribution is 6.01. The molecule has 0 bridgehead atoms. The zero-order valence-electron chi connectivity index (χ0n) is 41.2. The summed E-state index contributed by atoms with van der Waals surface area (Å²) in [6.45, 7) is 11.6. The van der Waals surface area contributed by atoms with Gasteiger partial charge in [-0.15, -0.1) is 0 Å². The molecule has 0 atom stereocenters. The maximum Gasteiger partial charge on any atom is 0.230 e. The fourth-order valence-corrected chi connectivity index (χ4v) is 11.2. The second-order valence-electron chi connectivity index (χ2n) is 20.4. The Hall–Kier alpha value is -4.96. The van der Waals surface area contributed by atoms with Crippen LogP contribution >= 0.6 is 0 Å². The number of ether oxygens (including phenoxy) is 5. The van der Waals surface area contributed by atoms with Gasteiger partial charge >= 0.3 is 0 Å². The summed E-state index contributed by atoms with van der Waals surface area (Å²) in [7, 11) is 1.77. The molecule has 2 aliphatic carbocycles. The Kier molecular flexibility index (Phi) is 15.3. The van der Waals surface area contributed by atoms with E-state index < -0.39 is 11.2 Å². The summed E-state index contributed by atoms with van der Waals surface area (Å²) in [6, 6.07) is 20.2. The van der Waals surface area contributed by atoms with Crippen molar-refractivity contribution in [2.24, 2.45) is 11.8 Å². The van der Waals surface area contributed by atoms with Crippen LogP contribution in [0.1, 0.15) is 127 Å². The summed E-state index contributed by atoms with van der Waals surface area (Å²) < 4.78 is 29.2. The number of anilines is 6. The minimum absolute atomic E-state index is 0.00351. The highest BCUT2D eigenvalue weighted by Crippen LogP contribution is 2.45. The van der Waals surface area contributed by atoms with Gasteiger partial charge < -0.3 is 49.2 Å². The van der Waals surface area contributed by atoms with Crippen LogP contribution in [0.2, 0.25) is 0 Å². The first-order valence-electron chi connectivity index (χ1n) is 25.5. The van der Waals surface area contributed by atoms with E-state index in [1.807, 2.05) is 52.3 Å². The third kappa shape index (κ3) is 11.0. The van der Waals surface area contributed by atoms with Crippen LogP contribution in [-0.2, 0) is 57.6 Å². The van der Waals surface area contributed by atoms with Crippen molar-refractivity contribution >= 4 is 46.2 Å². The first-order chi connectivity index (χ1) is 33.4. The summed E-state index contributed by atoms with van der Waals surface area (Å²) in [5.74, 6) is 1.86. The maximum atomic E-state index is 14.0. The van der Waals surface area contributed by atoms with E-state index in [1.54, 1.807) is 19.5 Å². The third-order valence-electron chi connectivity index (χ3n) is 15.1. The van der Waals surface area contributed by atoms with Crippen LogP contribution < -0.4 is 20.4 Å². The zero-order valence-corrected chi connectivity index (χ0v) is 41.2. The van der Waals surface area contributed by atoms with Crippen LogP contribution in [0.5, 0.6) is 0 Å². The van der Waals surface area contributed by atoms with Gasteiger partial charge in [-0.1, -0.05) is 24.3 Å². The highest BCUT2D eigenvalue weighted by Gasteiger charge is 2.39. The molecule has 0 unspecified atom stereocenters. The van der Waals surface area contributed by atoms with Gasteiger partial charge in [0.25, 0.3) is 0 Å². The van der Waals surface area contributed by atoms with E-state index >= 15 is 0 Å². The lowest BCUT2D eigenvalue weighted by Gasteiger charge is -2.37. The summed E-state index contributed by atoms with van der Waals surface area (Å²) in [5, 5.41) is 18.3. The van der Waals surface area contributed by atoms with Crippen molar-refractivity contribution in [3.8, 4) is 0 Å². The van der Waals surface area contributed by atoms with Gasteiger partial charge in [0.15, 0.2) is 0 Å².